The highest BCUT2D eigenvalue weighted by atomic mass is 16.7. The van der Waals surface area contributed by atoms with E-state index in [9.17, 15) is 0 Å². The number of nitrogens with one attached hydrogen (secondary N) is 2. The van der Waals surface area contributed by atoms with E-state index in [-0.39, 0.29) is 0 Å². The zero-order valence-corrected chi connectivity index (χ0v) is 4.27. The van der Waals surface area contributed by atoms with E-state index in [2.05, 4.69) is 10.5 Å². The smallest absolute Gasteiger partial charge is 0.169 e. The third-order valence-electron chi connectivity index (χ3n) is 1.23. The lowest BCUT2D eigenvalue weighted by Gasteiger charge is -1.88. The Labute approximate surface area is 46.6 Å². The minimum absolute atomic E-state index is 0.818. The number of aromatic amines is 1. The predicted octanol–water partition coefficient (Wildman–Crippen LogP) is 0.412. The number of hydroxylamine groups is 1. The number of fused-ring (bicyclic) bond motifs is 1. The fraction of sp³-hybridized carbons (Fsp3) is 0.200. The summed E-state index contributed by atoms with van der Waals surface area (Å²) in [4.78, 5) is 7.89. The van der Waals surface area contributed by atoms with E-state index in [1.165, 1.54) is 5.56 Å². The SMILES string of the molecule is c1[nH]cc2c1CNO2. The molecule has 8 heavy (non-hydrogen) atoms. The van der Waals surface area contributed by atoms with E-state index in [1.807, 2.05) is 12.4 Å². The van der Waals surface area contributed by atoms with Gasteiger partial charge in [-0.1, -0.05) is 0 Å². The second-order valence-corrected chi connectivity index (χ2v) is 1.77. The molecule has 42 valence electrons. The summed E-state index contributed by atoms with van der Waals surface area (Å²) in [6, 6.07) is 0. The molecule has 1 aliphatic rings. The van der Waals surface area contributed by atoms with Crippen molar-refractivity contribution in [3.63, 3.8) is 0 Å². The average molecular weight is 110 g/mol. The molecule has 0 saturated carbocycles. The van der Waals surface area contributed by atoms with Crippen LogP contribution in [0.15, 0.2) is 12.4 Å². The van der Waals surface area contributed by atoms with Gasteiger partial charge in [0.1, 0.15) is 0 Å². The van der Waals surface area contributed by atoms with Crippen LogP contribution in [0.25, 0.3) is 0 Å². The van der Waals surface area contributed by atoms with Crippen LogP contribution in [-0.2, 0) is 6.54 Å². The molecule has 0 amide bonds. The first-order valence-electron chi connectivity index (χ1n) is 2.52. The van der Waals surface area contributed by atoms with Crippen LogP contribution in [-0.4, -0.2) is 4.98 Å². The first-order valence-corrected chi connectivity index (χ1v) is 2.52. The van der Waals surface area contributed by atoms with Gasteiger partial charge in [0.25, 0.3) is 0 Å². The Balaban J connectivity index is 2.54. The molecule has 2 heterocycles. The van der Waals surface area contributed by atoms with Crippen LogP contribution >= 0.6 is 0 Å². The average Bonchev–Trinajstić information content (AvgIpc) is 2.15. The molecule has 0 saturated heterocycles. The summed E-state index contributed by atoms with van der Waals surface area (Å²) in [6.07, 6.45) is 3.75. The first kappa shape index (κ1) is 3.97. The van der Waals surface area contributed by atoms with Crippen LogP contribution < -0.4 is 10.3 Å². The second-order valence-electron chi connectivity index (χ2n) is 1.77. The van der Waals surface area contributed by atoms with Crippen molar-refractivity contribution < 1.29 is 4.84 Å². The van der Waals surface area contributed by atoms with Gasteiger partial charge in [-0.3, -0.25) is 0 Å². The molecule has 0 aliphatic carbocycles. The third-order valence-corrected chi connectivity index (χ3v) is 1.23. The molecule has 2 rings (SSSR count). The number of rotatable bonds is 0. The summed E-state index contributed by atoms with van der Waals surface area (Å²) in [5, 5.41) is 0. The molecule has 0 spiro atoms. The van der Waals surface area contributed by atoms with Crippen LogP contribution in [0.5, 0.6) is 5.75 Å². The normalized spacial score (nSPS) is 15.5. The minimum Gasteiger partial charge on any atom is -0.406 e. The second kappa shape index (κ2) is 1.26. The molecular formula is C5H6N2O. The van der Waals surface area contributed by atoms with Gasteiger partial charge in [-0.15, -0.1) is 0 Å². The molecular weight excluding hydrogens is 104 g/mol. The largest absolute Gasteiger partial charge is 0.406 e. The Hall–Kier alpha value is -0.960. The molecule has 1 aromatic rings. The van der Waals surface area contributed by atoms with E-state index in [1.54, 1.807) is 0 Å². The van der Waals surface area contributed by atoms with Crippen molar-refractivity contribution in [3.05, 3.63) is 18.0 Å². The van der Waals surface area contributed by atoms with Crippen LogP contribution in [0.3, 0.4) is 0 Å². The summed E-state index contributed by atoms with van der Waals surface area (Å²) < 4.78 is 0. The fourth-order valence-electron chi connectivity index (χ4n) is 0.807. The maximum atomic E-state index is 4.96. The first-order chi connectivity index (χ1) is 3.97. The summed E-state index contributed by atoms with van der Waals surface area (Å²) in [6.45, 7) is 0.818. The Bertz CT molecular complexity index is 176. The van der Waals surface area contributed by atoms with Crippen LogP contribution in [0, 0.1) is 0 Å². The quantitative estimate of drug-likeness (QED) is 0.507. The van der Waals surface area contributed by atoms with Crippen LogP contribution in [0.4, 0.5) is 0 Å². The van der Waals surface area contributed by atoms with Crippen molar-refractivity contribution in [2.75, 3.05) is 0 Å². The number of hydrogen-bond donors (Lipinski definition) is 2. The number of aromatic nitrogens is 1. The van der Waals surface area contributed by atoms with Crippen molar-refractivity contribution in [3.8, 4) is 5.75 Å². The molecule has 0 atom stereocenters. The molecule has 2 N–H and O–H groups in total. The van der Waals surface area contributed by atoms with E-state index in [0.29, 0.717) is 0 Å². The predicted molar refractivity (Wildman–Crippen MR) is 28.3 cm³/mol. The maximum absolute atomic E-state index is 4.96. The van der Waals surface area contributed by atoms with Gasteiger partial charge < -0.3 is 9.82 Å². The summed E-state index contributed by atoms with van der Waals surface area (Å²) in [7, 11) is 0. The highest BCUT2D eigenvalue weighted by molar-refractivity contribution is 5.31. The molecule has 0 fully saturated rings. The van der Waals surface area contributed by atoms with Crippen molar-refractivity contribution in [2.45, 2.75) is 6.54 Å². The molecule has 1 aromatic heterocycles. The van der Waals surface area contributed by atoms with Gasteiger partial charge in [-0.2, -0.15) is 5.48 Å². The Morgan fingerprint density at radius 1 is 1.50 bits per heavy atom. The van der Waals surface area contributed by atoms with Crippen LogP contribution in [0.1, 0.15) is 5.56 Å². The van der Waals surface area contributed by atoms with Gasteiger partial charge in [0.15, 0.2) is 5.75 Å². The van der Waals surface area contributed by atoms with E-state index in [0.717, 1.165) is 12.3 Å². The zero-order chi connectivity index (χ0) is 5.40. The third kappa shape index (κ3) is 0.364. The van der Waals surface area contributed by atoms with Gasteiger partial charge in [0.05, 0.1) is 6.54 Å². The maximum Gasteiger partial charge on any atom is 0.169 e. The summed E-state index contributed by atoms with van der Waals surface area (Å²) >= 11 is 0. The standard InChI is InChI=1S/C5H6N2O/c1-4-2-7-8-5(4)3-6-1/h1,3,6-7H,2H2. The Kier molecular flexibility index (Phi) is 0.625. The van der Waals surface area contributed by atoms with Gasteiger partial charge in [0, 0.05) is 18.0 Å². The highest BCUT2D eigenvalue weighted by Gasteiger charge is 2.10. The van der Waals surface area contributed by atoms with Gasteiger partial charge in [-0.25, -0.2) is 0 Å². The molecule has 3 heteroatoms. The lowest BCUT2D eigenvalue weighted by Crippen LogP contribution is -2.08. The molecule has 0 unspecified atom stereocenters. The van der Waals surface area contributed by atoms with E-state index >= 15 is 0 Å². The van der Waals surface area contributed by atoms with E-state index in [4.69, 9.17) is 4.84 Å². The molecule has 0 radical (unpaired) electrons. The van der Waals surface area contributed by atoms with Gasteiger partial charge in [-0.05, 0) is 0 Å². The van der Waals surface area contributed by atoms with E-state index < -0.39 is 0 Å². The summed E-state index contributed by atoms with van der Waals surface area (Å²) in [5.74, 6) is 0.921. The van der Waals surface area contributed by atoms with Crippen molar-refractivity contribution >= 4 is 0 Å². The summed E-state index contributed by atoms with van der Waals surface area (Å²) in [5.41, 5.74) is 3.95. The lowest BCUT2D eigenvalue weighted by atomic mass is 10.3. The zero-order valence-electron chi connectivity index (χ0n) is 4.27. The lowest BCUT2D eigenvalue weighted by molar-refractivity contribution is 0.223. The molecule has 3 nitrogen and oxygen atoms in total. The van der Waals surface area contributed by atoms with Crippen molar-refractivity contribution in [1.29, 1.82) is 0 Å². The highest BCUT2D eigenvalue weighted by Crippen LogP contribution is 2.20. The number of hydrogen-bond acceptors (Lipinski definition) is 2. The topological polar surface area (TPSA) is 37.0 Å². The number of H-pyrrole nitrogens is 1. The van der Waals surface area contributed by atoms with Crippen molar-refractivity contribution in [2.24, 2.45) is 0 Å². The van der Waals surface area contributed by atoms with Gasteiger partial charge >= 0.3 is 0 Å². The van der Waals surface area contributed by atoms with Crippen LogP contribution in [0.2, 0.25) is 0 Å². The Morgan fingerprint density at radius 2 is 2.50 bits per heavy atom. The molecule has 1 aliphatic heterocycles. The Morgan fingerprint density at radius 3 is 3.38 bits per heavy atom. The fourth-order valence-corrected chi connectivity index (χ4v) is 0.807. The van der Waals surface area contributed by atoms with Gasteiger partial charge in [0.2, 0.25) is 0 Å². The molecule has 0 bridgehead atoms. The van der Waals surface area contributed by atoms with Crippen molar-refractivity contribution in [1.82, 2.24) is 10.5 Å². The minimum atomic E-state index is 0.818. The molecule has 0 aromatic carbocycles. The monoisotopic (exact) mass is 110 g/mol.